The van der Waals surface area contributed by atoms with Crippen LogP contribution >= 0.6 is 0 Å². The van der Waals surface area contributed by atoms with Crippen molar-refractivity contribution < 1.29 is 18.3 Å². The van der Waals surface area contributed by atoms with Crippen molar-refractivity contribution in [3.05, 3.63) is 42.0 Å². The van der Waals surface area contributed by atoms with Crippen LogP contribution in [-0.4, -0.2) is 14.2 Å². The summed E-state index contributed by atoms with van der Waals surface area (Å²) in [5, 5.41) is 0. The van der Waals surface area contributed by atoms with Gasteiger partial charge in [0.2, 0.25) is 0 Å². The molecule has 5 heteroatoms. The van der Waals surface area contributed by atoms with Gasteiger partial charge in [-0.2, -0.15) is 0 Å². The molecular formula is C14H13F2NO2. The Morgan fingerprint density at radius 2 is 1.63 bits per heavy atom. The number of hydrogen-bond acceptors (Lipinski definition) is 3. The number of methoxy groups -OCH3 is 2. The van der Waals surface area contributed by atoms with Crippen LogP contribution < -0.4 is 15.2 Å². The molecule has 2 aromatic rings. The van der Waals surface area contributed by atoms with E-state index in [1.165, 1.54) is 14.2 Å². The molecule has 0 aliphatic carbocycles. The van der Waals surface area contributed by atoms with Gasteiger partial charge in [-0.3, -0.25) is 0 Å². The van der Waals surface area contributed by atoms with Crippen molar-refractivity contribution in [1.82, 2.24) is 0 Å². The Labute approximate surface area is 109 Å². The van der Waals surface area contributed by atoms with E-state index in [2.05, 4.69) is 0 Å². The smallest absolute Gasteiger partial charge is 0.146 e. The molecule has 2 rings (SSSR count). The van der Waals surface area contributed by atoms with Crippen molar-refractivity contribution >= 4 is 5.69 Å². The average Bonchev–Trinajstić information content (AvgIpc) is 2.42. The third kappa shape index (κ3) is 2.45. The zero-order valence-corrected chi connectivity index (χ0v) is 10.5. The third-order valence-corrected chi connectivity index (χ3v) is 2.78. The molecule has 0 aliphatic heterocycles. The molecule has 0 saturated carbocycles. The van der Waals surface area contributed by atoms with Crippen LogP contribution in [0, 0.1) is 11.6 Å². The lowest BCUT2D eigenvalue weighted by atomic mass is 10.0. The minimum Gasteiger partial charge on any atom is -0.497 e. The zero-order valence-electron chi connectivity index (χ0n) is 10.5. The highest BCUT2D eigenvalue weighted by molar-refractivity contribution is 5.74. The van der Waals surface area contributed by atoms with Gasteiger partial charge in [0.15, 0.2) is 0 Å². The van der Waals surface area contributed by atoms with E-state index >= 15 is 0 Å². The summed E-state index contributed by atoms with van der Waals surface area (Å²) in [4.78, 5) is 0. The van der Waals surface area contributed by atoms with E-state index < -0.39 is 11.6 Å². The first-order valence-electron chi connectivity index (χ1n) is 5.53. The minimum absolute atomic E-state index is 0.0717. The van der Waals surface area contributed by atoms with Crippen molar-refractivity contribution in [2.45, 2.75) is 0 Å². The number of rotatable bonds is 3. The fourth-order valence-electron chi connectivity index (χ4n) is 1.79. The maximum Gasteiger partial charge on any atom is 0.146 e. The zero-order chi connectivity index (χ0) is 14.0. The second-order valence-electron chi connectivity index (χ2n) is 3.92. The van der Waals surface area contributed by atoms with Crippen molar-refractivity contribution in [2.24, 2.45) is 0 Å². The first-order chi connectivity index (χ1) is 9.06. The number of halogens is 2. The molecule has 2 aromatic carbocycles. The highest BCUT2D eigenvalue weighted by Gasteiger charge is 2.14. The van der Waals surface area contributed by atoms with Crippen molar-refractivity contribution in [3.63, 3.8) is 0 Å². The Hall–Kier alpha value is -2.30. The molecule has 0 unspecified atom stereocenters. The topological polar surface area (TPSA) is 44.5 Å². The average molecular weight is 265 g/mol. The minimum atomic E-state index is -0.679. The molecule has 19 heavy (non-hydrogen) atoms. The Morgan fingerprint density at radius 3 is 2.26 bits per heavy atom. The van der Waals surface area contributed by atoms with Crippen molar-refractivity contribution in [2.75, 3.05) is 20.0 Å². The molecule has 3 nitrogen and oxygen atoms in total. The second kappa shape index (κ2) is 5.14. The maximum absolute atomic E-state index is 13.9. The molecule has 0 aliphatic rings. The Balaban J connectivity index is 2.66. The van der Waals surface area contributed by atoms with Crippen LogP contribution in [0.4, 0.5) is 14.5 Å². The van der Waals surface area contributed by atoms with Gasteiger partial charge in [0, 0.05) is 17.2 Å². The Morgan fingerprint density at radius 1 is 0.895 bits per heavy atom. The molecule has 0 spiro atoms. The Kier molecular flexibility index (Phi) is 3.55. The first kappa shape index (κ1) is 13.1. The quantitative estimate of drug-likeness (QED) is 0.866. The van der Waals surface area contributed by atoms with E-state index in [9.17, 15) is 8.78 Å². The summed E-state index contributed by atoms with van der Waals surface area (Å²) in [5.74, 6) is -0.358. The molecular weight excluding hydrogens is 252 g/mol. The highest BCUT2D eigenvalue weighted by Crippen LogP contribution is 2.36. The van der Waals surface area contributed by atoms with Gasteiger partial charge in [0.05, 0.1) is 19.9 Å². The lowest BCUT2D eigenvalue weighted by Gasteiger charge is -2.12. The lowest BCUT2D eigenvalue weighted by Crippen LogP contribution is -1.97. The number of ether oxygens (including phenoxy) is 2. The van der Waals surface area contributed by atoms with E-state index in [0.717, 1.165) is 12.1 Å². The Bertz CT molecular complexity index is 615. The van der Waals surface area contributed by atoms with Crippen LogP contribution in [-0.2, 0) is 0 Å². The molecule has 0 radical (unpaired) electrons. The van der Waals surface area contributed by atoms with Gasteiger partial charge in [-0.05, 0) is 24.3 Å². The largest absolute Gasteiger partial charge is 0.497 e. The first-order valence-corrected chi connectivity index (χ1v) is 5.53. The van der Waals surface area contributed by atoms with Gasteiger partial charge < -0.3 is 15.2 Å². The van der Waals surface area contributed by atoms with Gasteiger partial charge in [-0.15, -0.1) is 0 Å². The summed E-state index contributed by atoms with van der Waals surface area (Å²) in [6, 6.07) is 6.87. The predicted molar refractivity (Wildman–Crippen MR) is 69.3 cm³/mol. The predicted octanol–water partition coefficient (Wildman–Crippen LogP) is 3.23. The number of nitrogen functional groups attached to an aromatic ring is 1. The van der Waals surface area contributed by atoms with Crippen LogP contribution in [0.2, 0.25) is 0 Å². The van der Waals surface area contributed by atoms with Gasteiger partial charge in [-0.1, -0.05) is 0 Å². The van der Waals surface area contributed by atoms with Crippen molar-refractivity contribution in [3.8, 4) is 22.6 Å². The standard InChI is InChI=1S/C14H13F2NO2/c1-18-8-3-4-14(19-2)10(5-8)9-6-12(16)13(17)7-11(9)15/h3-7H,17H2,1-2H3. The molecule has 0 saturated heterocycles. The summed E-state index contributed by atoms with van der Waals surface area (Å²) >= 11 is 0. The molecule has 0 fully saturated rings. The van der Waals surface area contributed by atoms with Crippen LogP contribution in [0.25, 0.3) is 11.1 Å². The monoisotopic (exact) mass is 265 g/mol. The number of anilines is 1. The maximum atomic E-state index is 13.9. The van der Waals surface area contributed by atoms with Crippen molar-refractivity contribution in [1.29, 1.82) is 0 Å². The van der Waals surface area contributed by atoms with E-state index in [0.29, 0.717) is 17.1 Å². The highest BCUT2D eigenvalue weighted by atomic mass is 19.1. The molecule has 100 valence electrons. The fraction of sp³-hybridized carbons (Fsp3) is 0.143. The summed E-state index contributed by atoms with van der Waals surface area (Å²) in [7, 11) is 2.95. The van der Waals surface area contributed by atoms with Gasteiger partial charge >= 0.3 is 0 Å². The molecule has 0 heterocycles. The molecule has 2 N–H and O–H groups in total. The summed E-state index contributed by atoms with van der Waals surface area (Å²) in [5.41, 5.74) is 5.56. The third-order valence-electron chi connectivity index (χ3n) is 2.78. The van der Waals surface area contributed by atoms with Gasteiger partial charge in [0.25, 0.3) is 0 Å². The van der Waals surface area contributed by atoms with E-state index in [1.54, 1.807) is 18.2 Å². The molecule has 0 amide bonds. The van der Waals surface area contributed by atoms with Crippen LogP contribution in [0.3, 0.4) is 0 Å². The SMILES string of the molecule is COc1ccc(OC)c(-c2cc(F)c(N)cc2F)c1. The second-order valence-corrected chi connectivity index (χ2v) is 3.92. The van der Waals surface area contributed by atoms with E-state index in [4.69, 9.17) is 15.2 Å². The van der Waals surface area contributed by atoms with E-state index in [-0.39, 0.29) is 11.3 Å². The summed E-state index contributed by atoms with van der Waals surface area (Å²) in [6.45, 7) is 0. The normalized spacial score (nSPS) is 10.3. The van der Waals surface area contributed by atoms with Crippen LogP contribution in [0.1, 0.15) is 0 Å². The molecule has 0 bridgehead atoms. The van der Waals surface area contributed by atoms with Crippen LogP contribution in [0.15, 0.2) is 30.3 Å². The summed E-state index contributed by atoms with van der Waals surface area (Å²) in [6.07, 6.45) is 0. The fourth-order valence-corrected chi connectivity index (χ4v) is 1.79. The number of benzene rings is 2. The number of hydrogen-bond donors (Lipinski definition) is 1. The number of nitrogens with two attached hydrogens (primary N) is 1. The molecule has 0 aromatic heterocycles. The van der Waals surface area contributed by atoms with Gasteiger partial charge in [-0.25, -0.2) is 8.78 Å². The lowest BCUT2D eigenvalue weighted by molar-refractivity contribution is 0.404. The molecule has 0 atom stereocenters. The van der Waals surface area contributed by atoms with Gasteiger partial charge in [0.1, 0.15) is 23.1 Å². The summed E-state index contributed by atoms with van der Waals surface area (Å²) < 4.78 is 37.6. The van der Waals surface area contributed by atoms with E-state index in [1.807, 2.05) is 0 Å². The van der Waals surface area contributed by atoms with Crippen LogP contribution in [0.5, 0.6) is 11.5 Å².